The van der Waals surface area contributed by atoms with E-state index >= 15 is 19.2 Å². The first-order valence-electron chi connectivity index (χ1n) is 54.0. The predicted molar refractivity (Wildman–Crippen MR) is 599 cm³/mol. The van der Waals surface area contributed by atoms with Crippen molar-refractivity contribution < 1.29 is 37.8 Å². The maximum Gasteiger partial charge on any atom is 0.505 e. The second-order valence-electron chi connectivity index (χ2n) is 42.0. The third-order valence-electron chi connectivity index (χ3n) is 29.7. The molecule has 0 radical (unpaired) electrons. The number of rotatable bonds is 63. The van der Waals surface area contributed by atoms with Crippen LogP contribution in [-0.4, -0.2) is 116 Å². The number of thiophene rings is 4. The highest BCUT2D eigenvalue weighted by Gasteiger charge is 2.57. The van der Waals surface area contributed by atoms with E-state index in [1.807, 2.05) is 16.0 Å². The molecule has 0 aromatic carbocycles. The van der Waals surface area contributed by atoms with Crippen molar-refractivity contribution in [3.63, 3.8) is 0 Å². The second kappa shape index (κ2) is 58.8. The number of hydrogen-bond donors (Lipinski definition) is 0. The fourth-order valence-corrected chi connectivity index (χ4v) is 27.3. The minimum Gasteiger partial charge on any atom is -0.399 e. The molecule has 6 aromatic heterocycles. The van der Waals surface area contributed by atoms with Crippen molar-refractivity contribution in [2.75, 3.05) is 26.2 Å². The van der Waals surface area contributed by atoms with E-state index in [-0.39, 0.29) is 31.1 Å². The van der Waals surface area contributed by atoms with E-state index in [0.717, 1.165) is 151 Å². The summed E-state index contributed by atoms with van der Waals surface area (Å²) >= 11 is 16.4. The summed E-state index contributed by atoms with van der Waals surface area (Å²) in [6.45, 7) is 41.7. The first-order valence-corrected chi connectivity index (χ1v) is 60.5. The molecule has 0 spiro atoms. The highest BCUT2D eigenvalue weighted by Crippen LogP contribution is 2.54. The molecule has 137 heavy (non-hydrogen) atoms. The maximum absolute atomic E-state index is 15.9. The lowest BCUT2D eigenvalue weighted by atomic mass is 9.88. The van der Waals surface area contributed by atoms with Crippen LogP contribution in [0.3, 0.4) is 0 Å². The summed E-state index contributed by atoms with van der Waals surface area (Å²) in [6, 6.07) is 17.1. The summed E-state index contributed by atoms with van der Waals surface area (Å²) < 4.78 is 30.2. The highest BCUT2D eigenvalue weighted by atomic mass is 79.9. The maximum atomic E-state index is 15.9. The fourth-order valence-electron chi connectivity index (χ4n) is 20.1. The molecule has 2 saturated heterocycles. The number of hydrogen-bond acceptors (Lipinski definition) is 16. The molecular weight excluding hydrogens is 1940 g/mol. The van der Waals surface area contributed by atoms with E-state index < -0.39 is 36.6 Å². The molecule has 0 bridgehead atoms. The molecule has 4 unspecified atom stereocenters. The number of aryl methyl sites for hydroxylation is 2. The van der Waals surface area contributed by atoms with Gasteiger partial charge in [0.1, 0.15) is 0 Å². The van der Waals surface area contributed by atoms with Crippen molar-refractivity contribution in [3.8, 4) is 9.75 Å². The van der Waals surface area contributed by atoms with Crippen LogP contribution in [0.4, 0.5) is 0 Å². The van der Waals surface area contributed by atoms with Gasteiger partial charge in [-0.1, -0.05) is 332 Å². The molecule has 0 saturated carbocycles. The molecule has 12 rings (SSSR count). The number of amides is 4. The minimum absolute atomic E-state index is 0. The molecule has 12 heterocycles. The summed E-state index contributed by atoms with van der Waals surface area (Å²) in [5.74, 6) is 1.48. The van der Waals surface area contributed by atoms with Crippen molar-refractivity contribution >= 4 is 170 Å². The van der Waals surface area contributed by atoms with Crippen LogP contribution in [-0.2, 0) is 37.8 Å². The number of fused-ring (bicyclic) bond motifs is 2. The van der Waals surface area contributed by atoms with Crippen LogP contribution in [0, 0.1) is 37.5 Å². The lowest BCUT2D eigenvalue weighted by Gasteiger charge is -2.32. The number of unbranched alkanes of at least 4 members (excludes halogenated alkanes) is 32. The second-order valence-corrected chi connectivity index (χ2v) is 51.5. The van der Waals surface area contributed by atoms with Gasteiger partial charge in [-0.25, -0.2) is 9.97 Å². The molecule has 24 heteroatoms. The minimum atomic E-state index is -0.532. The number of carbonyl (C=O) groups is 4. The average Bonchev–Trinajstić information content (AvgIpc) is 1.55. The summed E-state index contributed by atoms with van der Waals surface area (Å²) in [6.07, 6.45) is 62.3. The smallest absolute Gasteiger partial charge is 0.399 e. The third kappa shape index (κ3) is 32.9. The molecule has 0 N–H and O–H groups in total. The van der Waals surface area contributed by atoms with E-state index in [1.54, 1.807) is 74.2 Å². The van der Waals surface area contributed by atoms with Gasteiger partial charge in [-0.2, -0.15) is 0 Å². The molecule has 0 aliphatic carbocycles. The quantitative estimate of drug-likeness (QED) is 0.0267. The normalized spacial score (nSPS) is 17.5. The van der Waals surface area contributed by atoms with Gasteiger partial charge in [0, 0.05) is 51.7 Å². The van der Waals surface area contributed by atoms with E-state index in [4.69, 9.17) is 18.6 Å². The van der Waals surface area contributed by atoms with Crippen LogP contribution in [0.25, 0.3) is 32.5 Å². The van der Waals surface area contributed by atoms with Gasteiger partial charge >= 0.3 is 14.2 Å². The number of aromatic nitrogens is 2. The van der Waals surface area contributed by atoms with Crippen molar-refractivity contribution in [3.05, 3.63) is 120 Å². The molecule has 4 atom stereocenters. The summed E-state index contributed by atoms with van der Waals surface area (Å²) in [7, 11) is -1.06. The SMILES string of the molecule is Brc1cnc(Br)s1.C.CCCCCCCCC(CCCCCC)CN1C(=O)C2=C(c3ccc(-c4cnc(C)s4)s3)N(CC(CCCCCC)CCCCCCCC)C(=O)C2=C1c1ccc(C)s1.CCCCCCCCC(CCCCCC)CN1C(=O)C2=C(c3ccc(B4OC(C)(C)C(C)(C)O4)s3)N(CC(CCCCCC)CCCCCCCC)C(=O)C2=C1c1ccc(B2OC(C)(C)C(C)(C)O2)s1. The van der Waals surface area contributed by atoms with E-state index in [0.29, 0.717) is 72.1 Å². The largest absolute Gasteiger partial charge is 0.505 e. The zero-order valence-electron chi connectivity index (χ0n) is 87.2. The highest BCUT2D eigenvalue weighted by molar-refractivity contribution is 9.12. The molecule has 6 aromatic rings. The van der Waals surface area contributed by atoms with Gasteiger partial charge in [0.05, 0.1) is 107 Å². The zero-order valence-corrected chi connectivity index (χ0v) is 95.2. The first-order chi connectivity index (χ1) is 65.5. The van der Waals surface area contributed by atoms with Gasteiger partial charge < -0.3 is 38.2 Å². The molecule has 2 fully saturated rings. The lowest BCUT2D eigenvalue weighted by Crippen LogP contribution is -2.41. The van der Waals surface area contributed by atoms with Crippen LogP contribution < -0.4 is 9.55 Å². The molecule has 4 amide bonds. The Morgan fingerprint density at radius 1 is 0.299 bits per heavy atom. The Morgan fingerprint density at radius 2 is 0.547 bits per heavy atom. The number of nitrogens with zero attached hydrogens (tertiary/aromatic N) is 6. The number of carbonyl (C=O) groups excluding carboxylic acids is 4. The van der Waals surface area contributed by atoms with Crippen molar-refractivity contribution in [1.29, 1.82) is 0 Å². The van der Waals surface area contributed by atoms with Crippen molar-refractivity contribution in [1.82, 2.24) is 29.6 Å². The number of halogens is 2. The monoisotopic (exact) mass is 2120 g/mol. The average molecular weight is 2120 g/mol. The first kappa shape index (κ1) is 116. The molecule has 6 aliphatic heterocycles. The topological polar surface area (TPSA) is 144 Å². The van der Waals surface area contributed by atoms with Crippen LogP contribution in [0.5, 0.6) is 0 Å². The Balaban J connectivity index is 0.000000287. The Hall–Kier alpha value is -4.17. The fraction of sp³-hybridized carbons (Fsp3) is 0.699. The third-order valence-corrected chi connectivity index (χ3v) is 37.1. The van der Waals surface area contributed by atoms with Crippen molar-refractivity contribution in [2.45, 2.75) is 463 Å². The van der Waals surface area contributed by atoms with Crippen LogP contribution in [0.1, 0.15) is 456 Å². The van der Waals surface area contributed by atoms with Crippen LogP contribution in [0.2, 0.25) is 0 Å². The Morgan fingerprint density at radius 3 is 0.788 bits per heavy atom. The standard InChI is InChI=1S/C58H94B2N2O6S2.C51H77N3O2S3.C3HBr2NS.CH4/c1-13-17-21-25-27-31-35-43(33-29-23-19-15-3)41-61-51(45-37-39-47(69-45)59-65-55(5,6)56(7,8)66-59)49-50(53(61)63)52(46-38-40-48(70-46)60-67-57(9,10)58(11,12)68-60)62(54(49)64)42-44(34-30-24-20-16-4)36-32-28-26-22-18-14-2;1-7-11-15-19-21-25-29-40(27-23-17-13-9-3)36-53-48(43-32-31-38(5)57-43)46-47(51(53)56)49(44-34-33-42(59-44)45-35-52-39(6)58-45)54(50(46)55)37-41(28-24-18-14-10-4)30-26-22-20-16-12-8-2;4-2-1-6-3(5)7-2;/h37-40,43-44H,13-36,41-42H2,1-12H3;31-35,40-41H,7-30,36-37H2,1-6H3;1H;1H4. The summed E-state index contributed by atoms with van der Waals surface area (Å²) in [5, 5.41) is 1.04. The van der Waals surface area contributed by atoms with Gasteiger partial charge in [-0.3, -0.25) is 19.2 Å². The van der Waals surface area contributed by atoms with Gasteiger partial charge in [0.25, 0.3) is 23.6 Å². The van der Waals surface area contributed by atoms with Crippen LogP contribution in [0.15, 0.2) is 90.9 Å². The summed E-state index contributed by atoms with van der Waals surface area (Å²) in [4.78, 5) is 86.6. The summed E-state index contributed by atoms with van der Waals surface area (Å²) in [5.41, 5.74) is 3.77. The Labute approximate surface area is 872 Å². The Bertz CT molecular complexity index is 4600. The van der Waals surface area contributed by atoms with E-state index in [9.17, 15) is 0 Å². The van der Waals surface area contributed by atoms with Gasteiger partial charge in [-0.05, 0) is 213 Å². The van der Waals surface area contributed by atoms with E-state index in [1.165, 1.54) is 236 Å². The molecular formula is C113H176B2Br2N6O8S6. The lowest BCUT2D eigenvalue weighted by molar-refractivity contribution is -0.124. The predicted octanol–water partition coefficient (Wildman–Crippen LogP) is 34.2. The zero-order chi connectivity index (χ0) is 98.0. The van der Waals surface area contributed by atoms with Gasteiger partial charge in [0.2, 0.25) is 0 Å². The van der Waals surface area contributed by atoms with Gasteiger partial charge in [0.15, 0.2) is 3.92 Å². The molecule has 6 aliphatic rings. The molecule has 762 valence electrons. The number of thiazole rings is 2. The van der Waals surface area contributed by atoms with Crippen molar-refractivity contribution in [2.24, 2.45) is 23.7 Å². The van der Waals surface area contributed by atoms with Gasteiger partial charge in [-0.15, -0.1) is 68.0 Å². The van der Waals surface area contributed by atoms with Crippen LogP contribution >= 0.6 is 99.9 Å². The Kier molecular flexibility index (Phi) is 50.0. The molecule has 14 nitrogen and oxygen atoms in total. The van der Waals surface area contributed by atoms with E-state index in [2.05, 4.69) is 225 Å².